The second-order valence-electron chi connectivity index (χ2n) is 8.88. The van der Waals surface area contributed by atoms with Gasteiger partial charge in [0.25, 0.3) is 0 Å². The molecule has 5 atom stereocenters. The molecule has 0 unspecified atom stereocenters. The number of pyridine rings is 1. The van der Waals surface area contributed by atoms with Crippen molar-refractivity contribution in [2.75, 3.05) is 13.1 Å². The molecule has 3 aliphatic heterocycles. The Hall–Kier alpha value is -2.49. The predicted octanol–water partition coefficient (Wildman–Crippen LogP) is 4.88. The fraction of sp³-hybridized carbons (Fsp3) is 0.346. The van der Waals surface area contributed by atoms with Crippen molar-refractivity contribution in [2.45, 2.75) is 31.5 Å². The van der Waals surface area contributed by atoms with E-state index >= 15 is 0 Å². The zero-order valence-corrected chi connectivity index (χ0v) is 16.8. The third kappa shape index (κ3) is 3.19. The van der Waals surface area contributed by atoms with Crippen LogP contribution in [-0.2, 0) is 6.54 Å². The van der Waals surface area contributed by atoms with Gasteiger partial charge in [0.1, 0.15) is 18.7 Å². The number of hydrogen-bond acceptors (Lipinski definition) is 2. The van der Waals surface area contributed by atoms with E-state index in [4.69, 9.17) is 0 Å². The van der Waals surface area contributed by atoms with Crippen molar-refractivity contribution in [3.05, 3.63) is 90.6 Å². The number of para-hydroxylation sites is 1. The van der Waals surface area contributed by atoms with Crippen molar-refractivity contribution >= 4 is 10.9 Å². The first-order valence-corrected chi connectivity index (χ1v) is 10.7. The molecule has 3 heteroatoms. The number of nitrogens with zero attached hydrogens (tertiary/aromatic N) is 2. The van der Waals surface area contributed by atoms with Gasteiger partial charge in [0.05, 0.1) is 18.6 Å². The summed E-state index contributed by atoms with van der Waals surface area (Å²) in [4.78, 5) is 4.50. The predicted molar refractivity (Wildman–Crippen MR) is 117 cm³/mol. The van der Waals surface area contributed by atoms with E-state index in [0.717, 1.165) is 47.0 Å². The van der Waals surface area contributed by atoms with Crippen LogP contribution in [0.3, 0.4) is 0 Å². The minimum Gasteiger partial charge on any atom is -0.382 e. The summed E-state index contributed by atoms with van der Waals surface area (Å²) in [5, 5.41) is 12.8. The fourth-order valence-electron chi connectivity index (χ4n) is 5.91. The van der Waals surface area contributed by atoms with Gasteiger partial charge in [-0.05, 0) is 23.6 Å². The molecule has 1 N–H and O–H groups in total. The first-order chi connectivity index (χ1) is 14.2. The topological polar surface area (TPSA) is 33.1 Å². The zero-order chi connectivity index (χ0) is 19.8. The molecule has 3 saturated heterocycles. The SMILES string of the molecule is C=C[C@H]1C[N@+]2(Cc3ccccc3)CC[C@H]1C[C@@H]2[C@H](O)c1ccnc2ccccc12. The Morgan fingerprint density at radius 1 is 1.10 bits per heavy atom. The zero-order valence-electron chi connectivity index (χ0n) is 16.8. The molecule has 4 heterocycles. The maximum Gasteiger partial charge on any atom is 0.131 e. The van der Waals surface area contributed by atoms with Crippen LogP contribution in [-0.4, -0.2) is 33.7 Å². The lowest BCUT2D eigenvalue weighted by Gasteiger charge is -2.58. The van der Waals surface area contributed by atoms with E-state index in [9.17, 15) is 5.11 Å². The standard InChI is InChI=1S/C26H29N2O/c1-2-20-18-28(17-19-8-4-3-5-9-19)15-13-21(20)16-25(28)26(29)23-12-14-27-24-11-7-6-10-22(23)24/h2-12,14,20-21,25-26,29H,1,13,15-18H2/q+1/t20-,21-,25+,26+,28+/m0/s1. The molecule has 2 aromatic carbocycles. The smallest absolute Gasteiger partial charge is 0.131 e. The van der Waals surface area contributed by atoms with Crippen LogP contribution in [0.25, 0.3) is 10.9 Å². The van der Waals surface area contributed by atoms with E-state index in [1.165, 1.54) is 12.0 Å². The van der Waals surface area contributed by atoms with Crippen LogP contribution in [0.5, 0.6) is 0 Å². The maximum atomic E-state index is 11.7. The van der Waals surface area contributed by atoms with Crippen LogP contribution < -0.4 is 0 Å². The Morgan fingerprint density at radius 2 is 1.90 bits per heavy atom. The lowest BCUT2D eigenvalue weighted by Crippen LogP contribution is -2.67. The lowest BCUT2D eigenvalue weighted by molar-refractivity contribution is -0.984. The molecule has 3 fully saturated rings. The highest BCUT2D eigenvalue weighted by Crippen LogP contribution is 2.47. The van der Waals surface area contributed by atoms with Crippen LogP contribution in [0.1, 0.15) is 30.1 Å². The number of hydrogen-bond donors (Lipinski definition) is 1. The molecule has 3 nitrogen and oxygen atoms in total. The molecule has 3 aliphatic rings. The maximum absolute atomic E-state index is 11.7. The summed E-state index contributed by atoms with van der Waals surface area (Å²) in [6.45, 7) is 7.32. The molecule has 0 aliphatic carbocycles. The quantitative estimate of drug-likeness (QED) is 0.502. The molecule has 0 radical (unpaired) electrons. The number of benzene rings is 2. The highest BCUT2D eigenvalue weighted by atomic mass is 16.3. The van der Waals surface area contributed by atoms with E-state index in [2.05, 4.69) is 54.0 Å². The Morgan fingerprint density at radius 3 is 2.72 bits per heavy atom. The first kappa shape index (κ1) is 18.5. The molecule has 0 spiro atoms. The number of aliphatic hydroxyl groups excluding tert-OH is 1. The fourth-order valence-corrected chi connectivity index (χ4v) is 5.91. The third-order valence-electron chi connectivity index (χ3n) is 7.38. The van der Waals surface area contributed by atoms with Crippen molar-refractivity contribution in [1.82, 2.24) is 4.98 Å². The van der Waals surface area contributed by atoms with Crippen LogP contribution in [0.4, 0.5) is 0 Å². The van der Waals surface area contributed by atoms with Crippen molar-refractivity contribution in [3.8, 4) is 0 Å². The van der Waals surface area contributed by atoms with Gasteiger partial charge in [-0.2, -0.15) is 0 Å². The Labute approximate surface area is 172 Å². The van der Waals surface area contributed by atoms with Gasteiger partial charge < -0.3 is 9.59 Å². The van der Waals surface area contributed by atoms with Crippen molar-refractivity contribution in [3.63, 3.8) is 0 Å². The number of quaternary nitrogens is 1. The summed E-state index contributed by atoms with van der Waals surface area (Å²) in [6, 6.07) is 21.2. The number of rotatable bonds is 5. The Bertz CT molecular complexity index is 1010. The first-order valence-electron chi connectivity index (χ1n) is 10.7. The van der Waals surface area contributed by atoms with Crippen molar-refractivity contribution in [1.29, 1.82) is 0 Å². The van der Waals surface area contributed by atoms with Gasteiger partial charge in [0.2, 0.25) is 0 Å². The van der Waals surface area contributed by atoms with Crippen LogP contribution in [0.15, 0.2) is 79.5 Å². The number of aromatic nitrogens is 1. The van der Waals surface area contributed by atoms with Gasteiger partial charge in [-0.1, -0.05) is 54.6 Å². The van der Waals surface area contributed by atoms with Crippen LogP contribution in [0, 0.1) is 11.8 Å². The van der Waals surface area contributed by atoms with Gasteiger partial charge in [-0.3, -0.25) is 4.98 Å². The van der Waals surface area contributed by atoms with E-state index in [1.807, 2.05) is 30.5 Å². The average molecular weight is 386 g/mol. The minimum atomic E-state index is -0.486. The number of aliphatic hydroxyl groups is 1. The molecule has 3 aromatic rings. The minimum absolute atomic E-state index is 0.205. The molecule has 1 aromatic heterocycles. The van der Waals surface area contributed by atoms with E-state index in [-0.39, 0.29) is 6.04 Å². The number of fused-ring (bicyclic) bond motifs is 4. The van der Waals surface area contributed by atoms with E-state index < -0.39 is 6.10 Å². The Balaban J connectivity index is 1.56. The normalized spacial score (nSPS) is 29.6. The van der Waals surface area contributed by atoms with Crippen molar-refractivity contribution in [2.24, 2.45) is 11.8 Å². The highest BCUT2D eigenvalue weighted by Gasteiger charge is 2.53. The summed E-state index contributed by atoms with van der Waals surface area (Å²) in [7, 11) is 0. The van der Waals surface area contributed by atoms with Gasteiger partial charge in [0.15, 0.2) is 0 Å². The Kier molecular flexibility index (Phi) is 4.73. The average Bonchev–Trinajstić information content (AvgIpc) is 2.78. The van der Waals surface area contributed by atoms with Crippen LogP contribution in [0.2, 0.25) is 0 Å². The molecule has 29 heavy (non-hydrogen) atoms. The molecule has 0 amide bonds. The summed E-state index contributed by atoms with van der Waals surface area (Å²) >= 11 is 0. The summed E-state index contributed by atoms with van der Waals surface area (Å²) < 4.78 is 0.953. The lowest BCUT2D eigenvalue weighted by atomic mass is 9.71. The van der Waals surface area contributed by atoms with Gasteiger partial charge in [0, 0.05) is 35.9 Å². The van der Waals surface area contributed by atoms with Gasteiger partial charge in [-0.15, -0.1) is 6.58 Å². The van der Waals surface area contributed by atoms with Crippen molar-refractivity contribution < 1.29 is 9.59 Å². The molecular weight excluding hydrogens is 356 g/mol. The molecule has 148 valence electrons. The monoisotopic (exact) mass is 385 g/mol. The summed E-state index contributed by atoms with van der Waals surface area (Å²) in [5.41, 5.74) is 3.33. The molecular formula is C26H29N2O+. The second-order valence-corrected chi connectivity index (χ2v) is 8.88. The van der Waals surface area contributed by atoms with Gasteiger partial charge >= 0.3 is 0 Å². The van der Waals surface area contributed by atoms with Crippen LogP contribution >= 0.6 is 0 Å². The summed E-state index contributed by atoms with van der Waals surface area (Å²) in [6.07, 6.45) is 5.79. The molecule has 2 bridgehead atoms. The second kappa shape index (κ2) is 7.40. The van der Waals surface area contributed by atoms with E-state index in [1.54, 1.807) is 0 Å². The third-order valence-corrected chi connectivity index (χ3v) is 7.38. The number of piperidine rings is 3. The van der Waals surface area contributed by atoms with Gasteiger partial charge in [-0.25, -0.2) is 0 Å². The largest absolute Gasteiger partial charge is 0.382 e. The summed E-state index contributed by atoms with van der Waals surface area (Å²) in [5.74, 6) is 1.18. The van der Waals surface area contributed by atoms with E-state index in [0.29, 0.717) is 11.8 Å². The highest BCUT2D eigenvalue weighted by molar-refractivity contribution is 5.82. The molecule has 6 rings (SSSR count). The molecule has 0 saturated carbocycles.